The Labute approximate surface area is 152 Å². The topological polar surface area (TPSA) is 60.7 Å². The van der Waals surface area contributed by atoms with Crippen LogP contribution in [-0.2, 0) is 11.2 Å². The number of carbonyl (C=O) groups is 1. The first kappa shape index (κ1) is 17.6. The summed E-state index contributed by atoms with van der Waals surface area (Å²) >= 11 is 0. The van der Waals surface area contributed by atoms with Gasteiger partial charge in [-0.1, -0.05) is 0 Å². The zero-order valence-corrected chi connectivity index (χ0v) is 14.8. The van der Waals surface area contributed by atoms with E-state index in [2.05, 4.69) is 4.57 Å². The number of carboxylic acids is 1. The van der Waals surface area contributed by atoms with E-state index in [1.165, 1.54) is 0 Å². The molecule has 0 saturated carbocycles. The zero-order valence-electron chi connectivity index (χ0n) is 14.8. The molecule has 5 heteroatoms. The molecule has 134 valence electrons. The van der Waals surface area contributed by atoms with Crippen LogP contribution < -0.4 is 9.47 Å². The number of hydrogen-bond acceptors (Lipinski definition) is 3. The summed E-state index contributed by atoms with van der Waals surface area (Å²) in [4.78, 5) is 11.0. The molecule has 1 N–H and O–H groups in total. The molecule has 0 radical (unpaired) electrons. The summed E-state index contributed by atoms with van der Waals surface area (Å²) in [5.41, 5.74) is 3.94. The van der Waals surface area contributed by atoms with Crippen molar-refractivity contribution in [2.24, 2.45) is 0 Å². The van der Waals surface area contributed by atoms with Crippen molar-refractivity contribution in [3.8, 4) is 28.4 Å². The number of aromatic nitrogens is 1. The fraction of sp³-hybridized carbons (Fsp3) is 0.190. The van der Waals surface area contributed by atoms with Gasteiger partial charge in [-0.2, -0.15) is 0 Å². The summed E-state index contributed by atoms with van der Waals surface area (Å²) in [5.74, 6) is 0.764. The fourth-order valence-corrected chi connectivity index (χ4v) is 2.93. The standard InChI is InChI=1S/C21H21NO4/c1-25-18-9-3-15(4-10-18)20-13-7-17(8-14-21(23)24)22(20)16-5-11-19(26-2)12-6-16/h3-7,9-13H,8,14H2,1-2H3,(H,23,24). The quantitative estimate of drug-likeness (QED) is 0.694. The average molecular weight is 351 g/mol. The second-order valence-corrected chi connectivity index (χ2v) is 5.87. The molecule has 0 saturated heterocycles. The molecular formula is C21H21NO4. The molecule has 0 aliphatic rings. The fourth-order valence-electron chi connectivity index (χ4n) is 2.93. The number of benzene rings is 2. The van der Waals surface area contributed by atoms with E-state index < -0.39 is 5.97 Å². The molecule has 3 rings (SSSR count). The molecule has 0 fully saturated rings. The van der Waals surface area contributed by atoms with Crippen LogP contribution in [0.1, 0.15) is 12.1 Å². The van der Waals surface area contributed by atoms with E-state index >= 15 is 0 Å². The molecule has 0 amide bonds. The highest BCUT2D eigenvalue weighted by Gasteiger charge is 2.13. The Bertz CT molecular complexity index is 879. The first-order valence-corrected chi connectivity index (χ1v) is 8.33. The van der Waals surface area contributed by atoms with Crippen molar-refractivity contribution in [1.82, 2.24) is 4.57 Å². The van der Waals surface area contributed by atoms with Crippen molar-refractivity contribution in [1.29, 1.82) is 0 Å². The Morgan fingerprint density at radius 2 is 1.46 bits per heavy atom. The molecule has 2 aromatic carbocycles. The Kier molecular flexibility index (Phi) is 5.27. The second kappa shape index (κ2) is 7.78. The van der Waals surface area contributed by atoms with E-state index in [9.17, 15) is 4.79 Å². The van der Waals surface area contributed by atoms with E-state index in [1.54, 1.807) is 14.2 Å². The molecule has 1 aromatic heterocycles. The van der Waals surface area contributed by atoms with Crippen LogP contribution in [0.4, 0.5) is 0 Å². The first-order chi connectivity index (χ1) is 12.6. The Morgan fingerprint density at radius 1 is 0.885 bits per heavy atom. The second-order valence-electron chi connectivity index (χ2n) is 5.87. The number of carboxylic acid groups (broad SMARTS) is 1. The van der Waals surface area contributed by atoms with Gasteiger partial charge in [0, 0.05) is 11.4 Å². The van der Waals surface area contributed by atoms with Gasteiger partial charge in [0.15, 0.2) is 0 Å². The van der Waals surface area contributed by atoms with Crippen molar-refractivity contribution in [2.75, 3.05) is 14.2 Å². The highest BCUT2D eigenvalue weighted by Crippen LogP contribution is 2.29. The van der Waals surface area contributed by atoms with Crippen LogP contribution in [-0.4, -0.2) is 29.9 Å². The predicted molar refractivity (Wildman–Crippen MR) is 100 cm³/mol. The van der Waals surface area contributed by atoms with Gasteiger partial charge in [-0.05, 0) is 72.6 Å². The van der Waals surface area contributed by atoms with Crippen LogP contribution in [0.2, 0.25) is 0 Å². The smallest absolute Gasteiger partial charge is 0.303 e. The van der Waals surface area contributed by atoms with E-state index in [4.69, 9.17) is 14.6 Å². The summed E-state index contributed by atoms with van der Waals surface area (Å²) < 4.78 is 12.6. The SMILES string of the molecule is COc1ccc(-c2ccc(CCC(=O)O)n2-c2ccc(OC)cc2)cc1. The van der Waals surface area contributed by atoms with Gasteiger partial charge in [0.25, 0.3) is 0 Å². The lowest BCUT2D eigenvalue weighted by Crippen LogP contribution is -2.05. The molecule has 5 nitrogen and oxygen atoms in total. The highest BCUT2D eigenvalue weighted by molar-refractivity contribution is 5.68. The lowest BCUT2D eigenvalue weighted by Gasteiger charge is -2.14. The molecule has 0 aliphatic heterocycles. The van der Waals surface area contributed by atoms with Crippen LogP contribution in [0.25, 0.3) is 16.9 Å². The van der Waals surface area contributed by atoms with Crippen LogP contribution in [0.3, 0.4) is 0 Å². The van der Waals surface area contributed by atoms with Crippen molar-refractivity contribution >= 4 is 5.97 Å². The molecular weight excluding hydrogens is 330 g/mol. The maximum Gasteiger partial charge on any atom is 0.303 e. The Hall–Kier alpha value is -3.21. The lowest BCUT2D eigenvalue weighted by molar-refractivity contribution is -0.136. The molecule has 0 atom stereocenters. The maximum atomic E-state index is 11.0. The van der Waals surface area contributed by atoms with Gasteiger partial charge in [0.1, 0.15) is 11.5 Å². The van der Waals surface area contributed by atoms with Gasteiger partial charge < -0.3 is 19.1 Å². The van der Waals surface area contributed by atoms with Gasteiger partial charge in [-0.3, -0.25) is 4.79 Å². The number of methoxy groups -OCH3 is 2. The van der Waals surface area contributed by atoms with Gasteiger partial charge in [-0.25, -0.2) is 0 Å². The summed E-state index contributed by atoms with van der Waals surface area (Å²) in [6.45, 7) is 0. The van der Waals surface area contributed by atoms with Crippen molar-refractivity contribution in [3.05, 3.63) is 66.4 Å². The number of ether oxygens (including phenoxy) is 2. The largest absolute Gasteiger partial charge is 0.497 e. The third-order valence-electron chi connectivity index (χ3n) is 4.27. The van der Waals surface area contributed by atoms with Gasteiger partial charge in [0.05, 0.1) is 26.3 Å². The van der Waals surface area contributed by atoms with Gasteiger partial charge >= 0.3 is 5.97 Å². The molecule has 26 heavy (non-hydrogen) atoms. The molecule has 0 bridgehead atoms. The number of aliphatic carboxylic acids is 1. The summed E-state index contributed by atoms with van der Waals surface area (Å²) in [7, 11) is 3.27. The van der Waals surface area contributed by atoms with Crippen LogP contribution in [0, 0.1) is 0 Å². The summed E-state index contributed by atoms with van der Waals surface area (Å²) in [6.07, 6.45) is 0.541. The van der Waals surface area contributed by atoms with Crippen LogP contribution in [0.5, 0.6) is 11.5 Å². The van der Waals surface area contributed by atoms with E-state index in [1.807, 2.05) is 60.7 Å². The van der Waals surface area contributed by atoms with Crippen molar-refractivity contribution < 1.29 is 19.4 Å². The molecule has 0 aliphatic carbocycles. The first-order valence-electron chi connectivity index (χ1n) is 8.33. The summed E-state index contributed by atoms with van der Waals surface area (Å²) in [6, 6.07) is 19.5. The minimum atomic E-state index is -0.807. The zero-order chi connectivity index (χ0) is 18.5. The van der Waals surface area contributed by atoms with E-state index in [0.29, 0.717) is 6.42 Å². The predicted octanol–water partition coefficient (Wildman–Crippen LogP) is 4.18. The van der Waals surface area contributed by atoms with Gasteiger partial charge in [-0.15, -0.1) is 0 Å². The average Bonchev–Trinajstić information content (AvgIpc) is 3.10. The highest BCUT2D eigenvalue weighted by atomic mass is 16.5. The van der Waals surface area contributed by atoms with Crippen molar-refractivity contribution in [2.45, 2.75) is 12.8 Å². The van der Waals surface area contributed by atoms with Crippen LogP contribution in [0.15, 0.2) is 60.7 Å². The normalized spacial score (nSPS) is 10.5. The number of rotatable bonds is 7. The van der Waals surface area contributed by atoms with Crippen molar-refractivity contribution in [3.63, 3.8) is 0 Å². The van der Waals surface area contributed by atoms with Gasteiger partial charge in [0.2, 0.25) is 0 Å². The van der Waals surface area contributed by atoms with Crippen LogP contribution >= 0.6 is 0 Å². The minimum absolute atomic E-state index is 0.0855. The lowest BCUT2D eigenvalue weighted by atomic mass is 10.1. The molecule has 3 aromatic rings. The number of hydrogen-bond donors (Lipinski definition) is 1. The molecule has 0 spiro atoms. The number of aryl methyl sites for hydroxylation is 1. The van der Waals surface area contributed by atoms with E-state index in [-0.39, 0.29) is 6.42 Å². The third-order valence-corrected chi connectivity index (χ3v) is 4.27. The minimum Gasteiger partial charge on any atom is -0.497 e. The molecule has 0 unspecified atom stereocenters. The number of nitrogens with zero attached hydrogens (tertiary/aromatic N) is 1. The monoisotopic (exact) mass is 351 g/mol. The third kappa shape index (κ3) is 3.72. The summed E-state index contributed by atoms with van der Waals surface area (Å²) in [5, 5.41) is 9.05. The van der Waals surface area contributed by atoms with E-state index in [0.717, 1.165) is 34.1 Å². The Morgan fingerprint density at radius 3 is 2.00 bits per heavy atom. The Balaban J connectivity index is 2.06. The molecule has 1 heterocycles. The maximum absolute atomic E-state index is 11.0.